The van der Waals surface area contributed by atoms with Crippen molar-refractivity contribution in [3.63, 3.8) is 0 Å². The second-order valence-electron chi connectivity index (χ2n) is 2.69. The highest BCUT2D eigenvalue weighted by molar-refractivity contribution is 5.85. The van der Waals surface area contributed by atoms with Gasteiger partial charge in [0.15, 0.2) is 0 Å². The molecule has 0 aromatic heterocycles. The van der Waals surface area contributed by atoms with Crippen LogP contribution in [-0.2, 0) is 0 Å². The summed E-state index contributed by atoms with van der Waals surface area (Å²) in [5.41, 5.74) is 5.80. The summed E-state index contributed by atoms with van der Waals surface area (Å²) in [7, 11) is 1.49. The van der Waals surface area contributed by atoms with E-state index >= 15 is 0 Å². The van der Waals surface area contributed by atoms with E-state index in [0.29, 0.717) is 11.3 Å². The highest BCUT2D eigenvalue weighted by atomic mass is 35.5. The van der Waals surface area contributed by atoms with Crippen molar-refractivity contribution in [2.75, 3.05) is 13.8 Å². The van der Waals surface area contributed by atoms with Crippen LogP contribution in [0.1, 0.15) is 11.6 Å². The van der Waals surface area contributed by atoms with Crippen LogP contribution in [0, 0.1) is 0 Å². The molecule has 80 valence electrons. The van der Waals surface area contributed by atoms with Gasteiger partial charge in [0.1, 0.15) is 18.2 Å². The standard InChI is InChI=1S/C9H12FNO2.ClH/c1-13-6-2-3-7(8(11)5-10)9(12)4-6;/h2-4,8,12H,5,11H2,1H3;1H/t8-;/m0./s1. The predicted octanol–water partition coefficient (Wildman–Crippen LogP) is 1.79. The third-order valence-electron chi connectivity index (χ3n) is 1.80. The van der Waals surface area contributed by atoms with E-state index in [4.69, 9.17) is 10.5 Å². The molecule has 0 aliphatic heterocycles. The number of nitrogens with two attached hydrogens (primary N) is 1. The number of alkyl halides is 1. The van der Waals surface area contributed by atoms with E-state index in [9.17, 15) is 9.50 Å². The van der Waals surface area contributed by atoms with Gasteiger partial charge in [0.2, 0.25) is 0 Å². The maximum absolute atomic E-state index is 12.2. The lowest BCUT2D eigenvalue weighted by atomic mass is 10.1. The Labute approximate surface area is 88.1 Å². The monoisotopic (exact) mass is 221 g/mol. The van der Waals surface area contributed by atoms with Gasteiger partial charge in [-0.2, -0.15) is 0 Å². The van der Waals surface area contributed by atoms with Crippen LogP contribution in [0.5, 0.6) is 11.5 Å². The zero-order valence-electron chi connectivity index (χ0n) is 7.74. The van der Waals surface area contributed by atoms with E-state index in [1.165, 1.54) is 13.2 Å². The fourth-order valence-electron chi connectivity index (χ4n) is 1.05. The minimum atomic E-state index is -0.772. The molecule has 3 N–H and O–H groups in total. The lowest BCUT2D eigenvalue weighted by Gasteiger charge is -2.10. The minimum Gasteiger partial charge on any atom is -0.507 e. The Bertz CT molecular complexity index is 296. The van der Waals surface area contributed by atoms with Gasteiger partial charge in [-0.1, -0.05) is 0 Å². The SMILES string of the molecule is COc1ccc([C@@H](N)CF)c(O)c1.Cl. The molecular weight excluding hydrogens is 209 g/mol. The zero-order valence-corrected chi connectivity index (χ0v) is 8.55. The molecule has 0 saturated heterocycles. The van der Waals surface area contributed by atoms with Crippen molar-refractivity contribution >= 4 is 12.4 Å². The molecule has 0 fully saturated rings. The van der Waals surface area contributed by atoms with Gasteiger partial charge in [-0.05, 0) is 12.1 Å². The van der Waals surface area contributed by atoms with Gasteiger partial charge in [-0.15, -0.1) is 12.4 Å². The second-order valence-corrected chi connectivity index (χ2v) is 2.69. The molecule has 0 bridgehead atoms. The van der Waals surface area contributed by atoms with E-state index in [1.807, 2.05) is 0 Å². The van der Waals surface area contributed by atoms with E-state index in [0.717, 1.165) is 0 Å². The van der Waals surface area contributed by atoms with Gasteiger partial charge in [0, 0.05) is 11.6 Å². The fraction of sp³-hybridized carbons (Fsp3) is 0.333. The van der Waals surface area contributed by atoms with Crippen LogP contribution < -0.4 is 10.5 Å². The van der Waals surface area contributed by atoms with E-state index in [-0.39, 0.29) is 18.2 Å². The van der Waals surface area contributed by atoms with Crippen LogP contribution in [0.4, 0.5) is 4.39 Å². The van der Waals surface area contributed by atoms with Crippen molar-refractivity contribution in [1.82, 2.24) is 0 Å². The molecule has 1 aromatic carbocycles. The molecule has 0 radical (unpaired) electrons. The molecule has 0 aliphatic carbocycles. The maximum Gasteiger partial charge on any atom is 0.124 e. The van der Waals surface area contributed by atoms with Crippen LogP contribution in [0.3, 0.4) is 0 Å². The first kappa shape index (κ1) is 13.0. The van der Waals surface area contributed by atoms with Gasteiger partial charge in [0.05, 0.1) is 13.2 Å². The molecule has 0 aliphatic rings. The minimum absolute atomic E-state index is 0. The smallest absolute Gasteiger partial charge is 0.124 e. The Hall–Kier alpha value is -1.00. The Kier molecular flexibility index (Phi) is 5.27. The van der Waals surface area contributed by atoms with Gasteiger partial charge in [-0.3, -0.25) is 0 Å². The Morgan fingerprint density at radius 2 is 2.21 bits per heavy atom. The third-order valence-corrected chi connectivity index (χ3v) is 1.80. The lowest BCUT2D eigenvalue weighted by molar-refractivity contribution is 0.397. The largest absolute Gasteiger partial charge is 0.507 e. The number of hydrogen-bond acceptors (Lipinski definition) is 3. The highest BCUT2D eigenvalue weighted by Crippen LogP contribution is 2.27. The average molecular weight is 222 g/mol. The molecule has 1 rings (SSSR count). The van der Waals surface area contributed by atoms with Crippen LogP contribution in [0.15, 0.2) is 18.2 Å². The van der Waals surface area contributed by atoms with Crippen molar-refractivity contribution < 1.29 is 14.2 Å². The summed E-state index contributed by atoms with van der Waals surface area (Å²) < 4.78 is 17.0. The first-order chi connectivity index (χ1) is 6.19. The van der Waals surface area contributed by atoms with Gasteiger partial charge < -0.3 is 15.6 Å². The number of halogens is 2. The Morgan fingerprint density at radius 1 is 1.57 bits per heavy atom. The van der Waals surface area contributed by atoms with E-state index in [1.54, 1.807) is 12.1 Å². The first-order valence-electron chi connectivity index (χ1n) is 3.87. The molecular formula is C9H13ClFNO2. The fourth-order valence-corrected chi connectivity index (χ4v) is 1.05. The van der Waals surface area contributed by atoms with Crippen LogP contribution in [-0.4, -0.2) is 18.9 Å². The molecule has 0 saturated carbocycles. The number of phenolic OH excluding ortho intramolecular Hbond substituents is 1. The zero-order chi connectivity index (χ0) is 9.84. The molecule has 5 heteroatoms. The summed E-state index contributed by atoms with van der Waals surface area (Å²) in [5, 5.41) is 9.40. The summed E-state index contributed by atoms with van der Waals surface area (Å²) in [5.74, 6) is 0.483. The summed E-state index contributed by atoms with van der Waals surface area (Å²) in [6, 6.07) is 3.82. The molecule has 0 spiro atoms. The molecule has 0 heterocycles. The van der Waals surface area contributed by atoms with Crippen LogP contribution >= 0.6 is 12.4 Å². The van der Waals surface area contributed by atoms with Crippen molar-refractivity contribution in [3.05, 3.63) is 23.8 Å². The lowest BCUT2D eigenvalue weighted by Crippen LogP contribution is -2.12. The maximum atomic E-state index is 12.2. The Balaban J connectivity index is 0.00000169. The van der Waals surface area contributed by atoms with Crippen LogP contribution in [0.25, 0.3) is 0 Å². The first-order valence-corrected chi connectivity index (χ1v) is 3.87. The van der Waals surface area contributed by atoms with E-state index in [2.05, 4.69) is 0 Å². The molecule has 0 amide bonds. The quantitative estimate of drug-likeness (QED) is 0.818. The van der Waals surface area contributed by atoms with Crippen molar-refractivity contribution in [1.29, 1.82) is 0 Å². The number of ether oxygens (including phenoxy) is 1. The third kappa shape index (κ3) is 2.75. The predicted molar refractivity (Wildman–Crippen MR) is 54.8 cm³/mol. The topological polar surface area (TPSA) is 55.5 Å². The second kappa shape index (κ2) is 5.67. The molecule has 1 atom stereocenters. The summed E-state index contributed by atoms with van der Waals surface area (Å²) in [4.78, 5) is 0. The number of phenols is 1. The van der Waals surface area contributed by atoms with Crippen molar-refractivity contribution in [2.24, 2.45) is 5.73 Å². The van der Waals surface area contributed by atoms with Crippen molar-refractivity contribution in [3.8, 4) is 11.5 Å². The normalized spacial score (nSPS) is 11.6. The van der Waals surface area contributed by atoms with Gasteiger partial charge in [0.25, 0.3) is 0 Å². The average Bonchev–Trinajstić information content (AvgIpc) is 2.16. The van der Waals surface area contributed by atoms with Gasteiger partial charge in [-0.25, -0.2) is 4.39 Å². The number of aromatic hydroxyl groups is 1. The van der Waals surface area contributed by atoms with Crippen molar-refractivity contribution in [2.45, 2.75) is 6.04 Å². The molecule has 0 unspecified atom stereocenters. The van der Waals surface area contributed by atoms with Gasteiger partial charge >= 0.3 is 0 Å². The molecule has 1 aromatic rings. The number of benzene rings is 1. The summed E-state index contributed by atoms with van der Waals surface area (Å²) in [6.07, 6.45) is 0. The Morgan fingerprint density at radius 3 is 2.64 bits per heavy atom. The molecule has 14 heavy (non-hydrogen) atoms. The number of methoxy groups -OCH3 is 1. The number of rotatable bonds is 3. The van der Waals surface area contributed by atoms with E-state index < -0.39 is 12.7 Å². The number of hydrogen-bond donors (Lipinski definition) is 2. The van der Waals surface area contributed by atoms with Crippen LogP contribution in [0.2, 0.25) is 0 Å². The highest BCUT2D eigenvalue weighted by Gasteiger charge is 2.10. The summed E-state index contributed by atoms with van der Waals surface area (Å²) in [6.45, 7) is -0.695. The molecule has 3 nitrogen and oxygen atoms in total. The summed E-state index contributed by atoms with van der Waals surface area (Å²) >= 11 is 0.